The first-order valence-electron chi connectivity index (χ1n) is 16.0. The minimum absolute atomic E-state index is 0.0211. The van der Waals surface area contributed by atoms with Gasteiger partial charge in [0.2, 0.25) is 0 Å². The van der Waals surface area contributed by atoms with E-state index in [1.165, 1.54) is 68.9 Å². The fourth-order valence-corrected chi connectivity index (χ4v) is 10.3. The van der Waals surface area contributed by atoms with E-state index in [-0.39, 0.29) is 11.2 Å². The molecule has 6 rings (SSSR count). The lowest BCUT2D eigenvalue weighted by molar-refractivity contribution is -0.111. The van der Waals surface area contributed by atoms with Crippen LogP contribution in [0.4, 0.5) is 0 Å². The first-order chi connectivity index (χ1) is 18.8. The summed E-state index contributed by atoms with van der Waals surface area (Å²) in [6.07, 6.45) is 20.2. The summed E-state index contributed by atoms with van der Waals surface area (Å²) < 4.78 is 0. The average molecular weight is 532 g/mol. The van der Waals surface area contributed by atoms with Gasteiger partial charge in [-0.05, 0) is 125 Å². The average Bonchev–Trinajstić information content (AvgIpc) is 3.22. The molecule has 6 aliphatic rings. The van der Waals surface area contributed by atoms with E-state index in [9.17, 15) is 15.0 Å². The van der Waals surface area contributed by atoms with Gasteiger partial charge in [0, 0.05) is 29.5 Å². The second-order valence-corrected chi connectivity index (χ2v) is 14.1. The summed E-state index contributed by atoms with van der Waals surface area (Å²) in [5.74, 6) is 8.28. The third-order valence-electron chi connectivity index (χ3n) is 12.5. The monoisotopic (exact) mass is 531 g/mol. The molecule has 2 N–H and O–H groups in total. The molecule has 0 heterocycles. The highest BCUT2D eigenvalue weighted by molar-refractivity contribution is 6.06. The Morgan fingerprint density at radius 3 is 2.41 bits per heavy atom. The number of nitrogens with zero attached hydrogens (tertiary/aromatic N) is 1. The molecule has 0 bridgehead atoms. The number of hydrogen-bond acceptors (Lipinski definition) is 4. The molecule has 4 heteroatoms. The highest BCUT2D eigenvalue weighted by Crippen LogP contribution is 2.66. The standard InChI is InChI=1S/C35H49NO3/c1-4-17-35(39)18-16-31-28-15-12-24-20-32(38)25(22-37)19-29(24)33(28)30(21-34(31,35)2)23-10-13-27(14-11-23)36(3)26-8-6-5-7-9-26/h20,22-23,26-28,30-31,37,39H,5-16,18-19,21H2,1-3H3/b25-22+. The Bertz CT molecular complexity index is 1140. The van der Waals surface area contributed by atoms with Gasteiger partial charge in [0.15, 0.2) is 5.78 Å². The Morgan fingerprint density at radius 1 is 1.00 bits per heavy atom. The smallest absolute Gasteiger partial charge is 0.185 e. The van der Waals surface area contributed by atoms with E-state index in [0.29, 0.717) is 41.7 Å². The van der Waals surface area contributed by atoms with Crippen LogP contribution in [0.5, 0.6) is 0 Å². The van der Waals surface area contributed by atoms with Crippen LogP contribution < -0.4 is 0 Å². The zero-order chi connectivity index (χ0) is 27.4. The maximum Gasteiger partial charge on any atom is 0.185 e. The number of allylic oxidation sites excluding steroid dienone is 5. The van der Waals surface area contributed by atoms with Crippen LogP contribution in [0.1, 0.15) is 110 Å². The number of aliphatic hydroxyl groups is 2. The van der Waals surface area contributed by atoms with E-state index in [4.69, 9.17) is 0 Å². The molecule has 6 aliphatic carbocycles. The molecule has 5 unspecified atom stereocenters. The molecule has 5 atom stereocenters. The zero-order valence-corrected chi connectivity index (χ0v) is 24.5. The lowest BCUT2D eigenvalue weighted by atomic mass is 9.49. The quantitative estimate of drug-likeness (QED) is 0.233. The minimum Gasteiger partial charge on any atom is -0.515 e. The Morgan fingerprint density at radius 2 is 1.72 bits per heavy atom. The number of carbonyl (C=O) groups is 1. The summed E-state index contributed by atoms with van der Waals surface area (Å²) in [7, 11) is 2.38. The van der Waals surface area contributed by atoms with Crippen LogP contribution in [-0.2, 0) is 4.79 Å². The van der Waals surface area contributed by atoms with Gasteiger partial charge >= 0.3 is 0 Å². The van der Waals surface area contributed by atoms with E-state index in [1.807, 2.05) is 13.0 Å². The summed E-state index contributed by atoms with van der Waals surface area (Å²) >= 11 is 0. The number of aliphatic hydroxyl groups excluding tert-OH is 1. The maximum atomic E-state index is 12.7. The lowest BCUT2D eigenvalue weighted by Gasteiger charge is -2.56. The van der Waals surface area contributed by atoms with Gasteiger partial charge in [0.05, 0.1) is 6.26 Å². The third kappa shape index (κ3) is 4.47. The van der Waals surface area contributed by atoms with Gasteiger partial charge < -0.3 is 15.1 Å². The molecule has 0 radical (unpaired) electrons. The number of carbonyl (C=O) groups excluding carboxylic acids is 1. The summed E-state index contributed by atoms with van der Waals surface area (Å²) in [5, 5.41) is 21.8. The van der Waals surface area contributed by atoms with Crippen molar-refractivity contribution in [2.45, 2.75) is 128 Å². The van der Waals surface area contributed by atoms with Gasteiger partial charge in [-0.3, -0.25) is 4.79 Å². The van der Waals surface area contributed by atoms with Gasteiger partial charge in [-0.1, -0.05) is 37.7 Å². The molecule has 0 amide bonds. The van der Waals surface area contributed by atoms with Crippen LogP contribution in [0.3, 0.4) is 0 Å². The van der Waals surface area contributed by atoms with Gasteiger partial charge in [-0.2, -0.15) is 0 Å². The van der Waals surface area contributed by atoms with Crippen molar-refractivity contribution in [3.63, 3.8) is 0 Å². The van der Waals surface area contributed by atoms with Gasteiger partial charge in [-0.15, -0.1) is 5.92 Å². The fraction of sp³-hybridized carbons (Fsp3) is 0.743. The largest absolute Gasteiger partial charge is 0.515 e. The lowest BCUT2D eigenvalue weighted by Crippen LogP contribution is -2.53. The van der Waals surface area contributed by atoms with Crippen molar-refractivity contribution in [1.82, 2.24) is 4.90 Å². The highest BCUT2D eigenvalue weighted by Gasteiger charge is 2.63. The molecule has 4 fully saturated rings. The predicted octanol–water partition coefficient (Wildman–Crippen LogP) is 7.05. The first kappa shape index (κ1) is 27.3. The van der Waals surface area contributed by atoms with Crippen molar-refractivity contribution in [2.24, 2.45) is 29.1 Å². The Labute approximate surface area is 236 Å². The molecular weight excluding hydrogens is 482 g/mol. The Hall–Kier alpha value is -1.83. The molecular formula is C35H49NO3. The van der Waals surface area contributed by atoms with Crippen LogP contribution in [-0.4, -0.2) is 45.6 Å². The minimum atomic E-state index is -0.909. The van der Waals surface area contributed by atoms with E-state index < -0.39 is 5.60 Å². The number of fused-ring (bicyclic) bond motifs is 4. The van der Waals surface area contributed by atoms with Gasteiger partial charge in [-0.25, -0.2) is 0 Å². The number of hydrogen-bond donors (Lipinski definition) is 2. The molecule has 4 nitrogen and oxygen atoms in total. The van der Waals surface area contributed by atoms with Crippen molar-refractivity contribution in [1.29, 1.82) is 0 Å². The molecule has 212 valence electrons. The summed E-state index contributed by atoms with van der Waals surface area (Å²) in [6.45, 7) is 4.21. The summed E-state index contributed by atoms with van der Waals surface area (Å²) in [4.78, 5) is 15.4. The Balaban J connectivity index is 1.33. The van der Waals surface area contributed by atoms with Gasteiger partial charge in [0.25, 0.3) is 0 Å². The molecule has 0 spiro atoms. The first-order valence-corrected chi connectivity index (χ1v) is 16.0. The van der Waals surface area contributed by atoms with E-state index in [0.717, 1.165) is 44.4 Å². The molecule has 39 heavy (non-hydrogen) atoms. The maximum absolute atomic E-state index is 12.7. The van der Waals surface area contributed by atoms with Gasteiger partial charge in [0.1, 0.15) is 5.60 Å². The van der Waals surface area contributed by atoms with Crippen molar-refractivity contribution >= 4 is 5.78 Å². The van der Waals surface area contributed by atoms with Crippen LogP contribution in [0, 0.1) is 40.9 Å². The third-order valence-corrected chi connectivity index (χ3v) is 12.5. The summed E-state index contributed by atoms with van der Waals surface area (Å²) in [5.41, 5.74) is 3.60. The second-order valence-electron chi connectivity index (χ2n) is 14.1. The topological polar surface area (TPSA) is 60.8 Å². The van der Waals surface area contributed by atoms with Crippen molar-refractivity contribution in [3.05, 3.63) is 34.6 Å². The van der Waals surface area contributed by atoms with Crippen LogP contribution in [0.25, 0.3) is 0 Å². The number of rotatable bonds is 3. The molecule has 0 aromatic rings. The van der Waals surface area contributed by atoms with Crippen molar-refractivity contribution in [3.8, 4) is 11.8 Å². The Kier molecular flexibility index (Phi) is 7.39. The fourth-order valence-electron chi connectivity index (χ4n) is 10.3. The van der Waals surface area contributed by atoms with E-state index in [2.05, 4.69) is 30.7 Å². The number of ketones is 1. The molecule has 4 saturated carbocycles. The van der Waals surface area contributed by atoms with Crippen LogP contribution in [0.15, 0.2) is 34.6 Å². The van der Waals surface area contributed by atoms with Crippen LogP contribution in [0.2, 0.25) is 0 Å². The molecule has 0 aromatic heterocycles. The van der Waals surface area contributed by atoms with Crippen LogP contribution >= 0.6 is 0 Å². The second kappa shape index (κ2) is 10.5. The highest BCUT2D eigenvalue weighted by atomic mass is 16.3. The molecule has 0 aliphatic heterocycles. The van der Waals surface area contributed by atoms with E-state index >= 15 is 0 Å². The molecule has 0 saturated heterocycles. The van der Waals surface area contributed by atoms with E-state index in [1.54, 1.807) is 5.57 Å². The zero-order valence-electron chi connectivity index (χ0n) is 24.5. The predicted molar refractivity (Wildman–Crippen MR) is 156 cm³/mol. The summed E-state index contributed by atoms with van der Waals surface area (Å²) in [6, 6.07) is 1.46. The normalized spacial score (nSPS) is 42.0. The molecule has 0 aromatic carbocycles. The van der Waals surface area contributed by atoms with Crippen molar-refractivity contribution in [2.75, 3.05) is 7.05 Å². The SMILES string of the molecule is CC#CC1(O)CCC2C3CCC4=CC(=O)/C(=C/O)CC4=C3C(C3CCC(N(C)C4CCCCC4)CC3)CC21C. The van der Waals surface area contributed by atoms with Crippen molar-refractivity contribution < 1.29 is 15.0 Å².